The normalized spacial score (nSPS) is 11.6. The van der Waals surface area contributed by atoms with Crippen molar-refractivity contribution in [1.29, 1.82) is 0 Å². The maximum Gasteiger partial charge on any atom is 0.335 e. The van der Waals surface area contributed by atoms with Crippen LogP contribution in [0.5, 0.6) is 0 Å². The van der Waals surface area contributed by atoms with Gasteiger partial charge in [0.25, 0.3) is 0 Å². The molecule has 0 aromatic heterocycles. The second-order valence-electron chi connectivity index (χ2n) is 6.33. The lowest BCUT2D eigenvalue weighted by Gasteiger charge is -2.16. The number of benzene rings is 2. The van der Waals surface area contributed by atoms with E-state index in [2.05, 4.69) is 10.6 Å². The van der Waals surface area contributed by atoms with E-state index in [9.17, 15) is 14.4 Å². The van der Waals surface area contributed by atoms with Gasteiger partial charge in [-0.3, -0.25) is 9.59 Å². The average molecular weight is 435 g/mol. The number of thioether (sulfide) groups is 1. The molecule has 0 radical (unpaired) electrons. The van der Waals surface area contributed by atoms with Gasteiger partial charge < -0.3 is 15.7 Å². The smallest absolute Gasteiger partial charge is 0.335 e. The topological polar surface area (TPSA) is 95.5 Å². The zero-order chi connectivity index (χ0) is 21.4. The fourth-order valence-electron chi connectivity index (χ4n) is 2.55. The molecule has 1 unspecified atom stereocenters. The van der Waals surface area contributed by atoms with Crippen molar-refractivity contribution in [3.8, 4) is 0 Å². The van der Waals surface area contributed by atoms with Gasteiger partial charge in [-0.1, -0.05) is 31.5 Å². The van der Waals surface area contributed by atoms with Crippen LogP contribution in [0.2, 0.25) is 5.02 Å². The first-order valence-corrected chi connectivity index (χ1v) is 10.5. The molecule has 0 aliphatic heterocycles. The summed E-state index contributed by atoms with van der Waals surface area (Å²) in [5.74, 6) is -1.42. The molecule has 0 bridgehead atoms. The molecule has 3 N–H and O–H groups in total. The summed E-state index contributed by atoms with van der Waals surface area (Å²) in [5, 5.41) is 14.5. The van der Waals surface area contributed by atoms with Crippen LogP contribution < -0.4 is 10.6 Å². The lowest BCUT2D eigenvalue weighted by atomic mass is 10.2. The lowest BCUT2D eigenvalue weighted by Crippen LogP contribution is -2.24. The van der Waals surface area contributed by atoms with E-state index in [1.807, 2.05) is 32.0 Å². The molecule has 0 saturated carbocycles. The van der Waals surface area contributed by atoms with Crippen LogP contribution in [0.3, 0.4) is 0 Å². The van der Waals surface area contributed by atoms with Crippen molar-refractivity contribution < 1.29 is 19.5 Å². The summed E-state index contributed by atoms with van der Waals surface area (Å²) in [6.07, 6.45) is 1.77. The zero-order valence-electron chi connectivity index (χ0n) is 16.2. The minimum atomic E-state index is -1.10. The predicted molar refractivity (Wildman–Crippen MR) is 117 cm³/mol. The standard InChI is InChI=1S/C21H23ClN2O4S/c1-3-6-19(25)23-14-7-5-8-15(12-14)29-18(4-2)20(26)24-17-11-13(21(27)28)9-10-16(17)22/h5,7-12,18H,3-4,6H2,1-2H3,(H,23,25)(H,24,26)(H,27,28). The number of aromatic carboxylic acids is 1. The van der Waals surface area contributed by atoms with Crippen LogP contribution in [0.25, 0.3) is 0 Å². The Balaban J connectivity index is 2.10. The molecule has 6 nitrogen and oxygen atoms in total. The lowest BCUT2D eigenvalue weighted by molar-refractivity contribution is -0.116. The van der Waals surface area contributed by atoms with Crippen LogP contribution in [0.15, 0.2) is 47.4 Å². The number of nitrogens with one attached hydrogen (secondary N) is 2. The molecular formula is C21H23ClN2O4S. The maximum atomic E-state index is 12.7. The van der Waals surface area contributed by atoms with E-state index in [0.29, 0.717) is 18.5 Å². The quantitative estimate of drug-likeness (QED) is 0.466. The van der Waals surface area contributed by atoms with Gasteiger partial charge in [0.05, 0.1) is 21.5 Å². The first kappa shape index (κ1) is 22.8. The molecular weight excluding hydrogens is 412 g/mol. The van der Waals surface area contributed by atoms with E-state index in [1.165, 1.54) is 30.0 Å². The second kappa shape index (κ2) is 10.9. The second-order valence-corrected chi connectivity index (χ2v) is 8.01. The Morgan fingerprint density at radius 1 is 1.10 bits per heavy atom. The minimum Gasteiger partial charge on any atom is -0.478 e. The zero-order valence-corrected chi connectivity index (χ0v) is 17.8. The molecule has 29 heavy (non-hydrogen) atoms. The molecule has 8 heteroatoms. The molecule has 154 valence electrons. The minimum absolute atomic E-state index is 0.0425. The first-order chi connectivity index (χ1) is 13.8. The van der Waals surface area contributed by atoms with E-state index in [1.54, 1.807) is 6.07 Å². The van der Waals surface area contributed by atoms with E-state index >= 15 is 0 Å². The highest BCUT2D eigenvalue weighted by molar-refractivity contribution is 8.00. The Morgan fingerprint density at radius 3 is 2.52 bits per heavy atom. The summed E-state index contributed by atoms with van der Waals surface area (Å²) >= 11 is 7.46. The van der Waals surface area contributed by atoms with Gasteiger partial charge in [0.15, 0.2) is 0 Å². The molecule has 2 aromatic carbocycles. The van der Waals surface area contributed by atoms with Crippen molar-refractivity contribution in [3.05, 3.63) is 53.1 Å². The van der Waals surface area contributed by atoms with Crippen molar-refractivity contribution in [2.75, 3.05) is 10.6 Å². The van der Waals surface area contributed by atoms with E-state index < -0.39 is 11.2 Å². The molecule has 0 saturated heterocycles. The summed E-state index contributed by atoms with van der Waals surface area (Å²) in [4.78, 5) is 36.5. The molecule has 2 aromatic rings. The van der Waals surface area contributed by atoms with Crippen LogP contribution in [0.1, 0.15) is 43.5 Å². The van der Waals surface area contributed by atoms with Gasteiger partial charge in [-0.15, -0.1) is 11.8 Å². The van der Waals surface area contributed by atoms with Crippen molar-refractivity contribution >= 4 is 52.5 Å². The number of hydrogen-bond donors (Lipinski definition) is 3. The van der Waals surface area contributed by atoms with Crippen molar-refractivity contribution in [3.63, 3.8) is 0 Å². The highest BCUT2D eigenvalue weighted by atomic mass is 35.5. The highest BCUT2D eigenvalue weighted by Crippen LogP contribution is 2.30. The summed E-state index contributed by atoms with van der Waals surface area (Å²) in [7, 11) is 0. The number of carboxylic acid groups (broad SMARTS) is 1. The number of carbonyl (C=O) groups is 3. The van der Waals surface area contributed by atoms with Crippen molar-refractivity contribution in [2.24, 2.45) is 0 Å². The Bertz CT molecular complexity index is 904. The van der Waals surface area contributed by atoms with Gasteiger partial charge >= 0.3 is 5.97 Å². The highest BCUT2D eigenvalue weighted by Gasteiger charge is 2.20. The first-order valence-electron chi connectivity index (χ1n) is 9.24. The molecule has 1 atom stereocenters. The average Bonchev–Trinajstić information content (AvgIpc) is 2.68. The predicted octanol–water partition coefficient (Wildman–Crippen LogP) is 5.29. The van der Waals surface area contributed by atoms with Crippen LogP contribution in [-0.2, 0) is 9.59 Å². The third-order valence-electron chi connectivity index (χ3n) is 4.01. The number of amides is 2. The fourth-order valence-corrected chi connectivity index (χ4v) is 3.73. The summed E-state index contributed by atoms with van der Waals surface area (Å²) in [6, 6.07) is 11.5. The van der Waals surface area contributed by atoms with Crippen LogP contribution in [0, 0.1) is 0 Å². The molecule has 2 amide bonds. The monoisotopic (exact) mass is 434 g/mol. The van der Waals surface area contributed by atoms with Crippen molar-refractivity contribution in [1.82, 2.24) is 0 Å². The molecule has 0 heterocycles. The number of halogens is 1. The van der Waals surface area contributed by atoms with Crippen LogP contribution >= 0.6 is 23.4 Å². The van der Waals surface area contributed by atoms with Crippen LogP contribution in [-0.4, -0.2) is 28.1 Å². The Hall–Kier alpha value is -2.51. The number of carbonyl (C=O) groups excluding carboxylic acids is 2. The summed E-state index contributed by atoms with van der Waals surface area (Å²) in [5.41, 5.74) is 0.984. The number of hydrogen-bond acceptors (Lipinski definition) is 4. The maximum absolute atomic E-state index is 12.7. The molecule has 0 spiro atoms. The molecule has 0 aliphatic carbocycles. The Kier molecular flexibility index (Phi) is 8.54. The van der Waals surface area contributed by atoms with Gasteiger partial charge in [-0.2, -0.15) is 0 Å². The van der Waals surface area contributed by atoms with Gasteiger partial charge in [0.2, 0.25) is 11.8 Å². The van der Waals surface area contributed by atoms with Crippen LogP contribution in [0.4, 0.5) is 11.4 Å². The Labute approximate surface area is 179 Å². The number of carboxylic acids is 1. The largest absolute Gasteiger partial charge is 0.478 e. The fraction of sp³-hybridized carbons (Fsp3) is 0.286. The molecule has 2 rings (SSSR count). The van der Waals surface area contributed by atoms with E-state index in [4.69, 9.17) is 16.7 Å². The Morgan fingerprint density at radius 2 is 1.86 bits per heavy atom. The summed E-state index contributed by atoms with van der Waals surface area (Å²) in [6.45, 7) is 3.83. The van der Waals surface area contributed by atoms with Gasteiger partial charge in [-0.05, 0) is 49.2 Å². The number of anilines is 2. The third-order valence-corrected chi connectivity index (χ3v) is 5.70. The van der Waals surface area contributed by atoms with E-state index in [-0.39, 0.29) is 28.1 Å². The SMILES string of the molecule is CCCC(=O)Nc1cccc(SC(CC)C(=O)Nc2cc(C(=O)O)ccc2Cl)c1. The third kappa shape index (κ3) is 6.80. The van der Waals surface area contributed by atoms with Gasteiger partial charge in [0, 0.05) is 17.0 Å². The number of rotatable bonds is 9. The van der Waals surface area contributed by atoms with Crippen molar-refractivity contribution in [2.45, 2.75) is 43.3 Å². The molecule has 0 aliphatic rings. The molecule has 0 fully saturated rings. The van der Waals surface area contributed by atoms with Gasteiger partial charge in [-0.25, -0.2) is 4.79 Å². The van der Waals surface area contributed by atoms with E-state index in [0.717, 1.165) is 11.3 Å². The summed E-state index contributed by atoms with van der Waals surface area (Å²) < 4.78 is 0. The van der Waals surface area contributed by atoms with Gasteiger partial charge in [0.1, 0.15) is 0 Å².